The molecule has 0 spiro atoms. The predicted molar refractivity (Wildman–Crippen MR) is 71.7 cm³/mol. The van der Waals surface area contributed by atoms with Crippen molar-refractivity contribution in [1.82, 2.24) is 15.3 Å². The highest BCUT2D eigenvalue weighted by Gasteiger charge is 2.12. The van der Waals surface area contributed by atoms with Crippen LogP contribution in [0, 0.1) is 0 Å². The molecule has 0 aliphatic rings. The number of ether oxygens (including phenoxy) is 1. The molecule has 0 bridgehead atoms. The quantitative estimate of drug-likeness (QED) is 0.808. The number of nitrogens with zero attached hydrogens (tertiary/aromatic N) is 2. The Hall–Kier alpha value is -2.05. The first-order valence-corrected chi connectivity index (χ1v) is 5.95. The predicted octanol–water partition coefficient (Wildman–Crippen LogP) is 0.333. The summed E-state index contributed by atoms with van der Waals surface area (Å²) in [6, 6.07) is 4.99. The van der Waals surface area contributed by atoms with Gasteiger partial charge in [0.05, 0.1) is 23.7 Å². The third-order valence-electron chi connectivity index (χ3n) is 2.72. The van der Waals surface area contributed by atoms with E-state index in [0.29, 0.717) is 24.2 Å². The van der Waals surface area contributed by atoms with E-state index in [0.717, 1.165) is 5.52 Å². The molecule has 6 nitrogen and oxygen atoms in total. The van der Waals surface area contributed by atoms with Gasteiger partial charge in [-0.1, -0.05) is 0 Å². The number of carbonyl (C=O) groups is 1. The molecule has 0 saturated heterocycles. The van der Waals surface area contributed by atoms with Crippen molar-refractivity contribution in [3.8, 4) is 0 Å². The van der Waals surface area contributed by atoms with Crippen LogP contribution in [0.25, 0.3) is 11.0 Å². The first-order valence-electron chi connectivity index (χ1n) is 5.95. The van der Waals surface area contributed by atoms with Crippen molar-refractivity contribution < 1.29 is 9.53 Å². The van der Waals surface area contributed by atoms with Crippen LogP contribution in [0.3, 0.4) is 0 Å². The average molecular weight is 260 g/mol. The molecular formula is C13H16N4O2. The van der Waals surface area contributed by atoms with Gasteiger partial charge in [0.2, 0.25) is 0 Å². The van der Waals surface area contributed by atoms with E-state index < -0.39 is 0 Å². The van der Waals surface area contributed by atoms with Gasteiger partial charge in [-0.3, -0.25) is 14.8 Å². The summed E-state index contributed by atoms with van der Waals surface area (Å²) in [6.45, 7) is 0.711. The van der Waals surface area contributed by atoms with Crippen LogP contribution < -0.4 is 11.1 Å². The van der Waals surface area contributed by atoms with Crippen molar-refractivity contribution in [3.05, 3.63) is 36.2 Å². The van der Waals surface area contributed by atoms with Crippen LogP contribution in [-0.2, 0) is 4.74 Å². The molecule has 1 aromatic carbocycles. The third kappa shape index (κ3) is 3.24. The van der Waals surface area contributed by atoms with Crippen LogP contribution in [-0.4, -0.2) is 42.2 Å². The third-order valence-corrected chi connectivity index (χ3v) is 2.72. The maximum Gasteiger partial charge on any atom is 0.251 e. The second-order valence-corrected chi connectivity index (χ2v) is 4.12. The van der Waals surface area contributed by atoms with Crippen molar-refractivity contribution in [1.29, 1.82) is 0 Å². The molecule has 0 saturated carbocycles. The van der Waals surface area contributed by atoms with Gasteiger partial charge in [0, 0.05) is 31.6 Å². The molecule has 1 amide bonds. The Morgan fingerprint density at radius 2 is 2.11 bits per heavy atom. The maximum absolute atomic E-state index is 12.1. The molecule has 0 radical (unpaired) electrons. The van der Waals surface area contributed by atoms with E-state index in [1.54, 1.807) is 37.7 Å². The molecule has 1 unspecified atom stereocenters. The first kappa shape index (κ1) is 13.4. The SMILES string of the molecule is COCC(CN)NC(=O)c1ccc2nccnc2c1. The highest BCUT2D eigenvalue weighted by atomic mass is 16.5. The minimum absolute atomic E-state index is 0.194. The van der Waals surface area contributed by atoms with Crippen LogP contribution in [0.15, 0.2) is 30.6 Å². The van der Waals surface area contributed by atoms with Crippen LogP contribution in [0.5, 0.6) is 0 Å². The van der Waals surface area contributed by atoms with Gasteiger partial charge in [0.15, 0.2) is 0 Å². The molecule has 1 atom stereocenters. The maximum atomic E-state index is 12.1. The molecule has 1 heterocycles. The fourth-order valence-electron chi connectivity index (χ4n) is 1.74. The zero-order chi connectivity index (χ0) is 13.7. The number of aromatic nitrogens is 2. The molecular weight excluding hydrogens is 244 g/mol. The molecule has 0 aliphatic carbocycles. The highest BCUT2D eigenvalue weighted by Crippen LogP contribution is 2.10. The largest absolute Gasteiger partial charge is 0.383 e. The zero-order valence-electron chi connectivity index (χ0n) is 10.7. The molecule has 0 aliphatic heterocycles. The molecule has 0 fully saturated rings. The number of hydrogen-bond donors (Lipinski definition) is 2. The van der Waals surface area contributed by atoms with E-state index in [-0.39, 0.29) is 11.9 Å². The minimum atomic E-state index is -0.199. The summed E-state index contributed by atoms with van der Waals surface area (Å²) >= 11 is 0. The van der Waals surface area contributed by atoms with Gasteiger partial charge >= 0.3 is 0 Å². The van der Waals surface area contributed by atoms with Gasteiger partial charge in [0.1, 0.15) is 0 Å². The lowest BCUT2D eigenvalue weighted by Gasteiger charge is -2.15. The number of rotatable bonds is 5. The van der Waals surface area contributed by atoms with Gasteiger partial charge < -0.3 is 15.8 Å². The summed E-state index contributed by atoms with van der Waals surface area (Å²) in [5.74, 6) is -0.194. The van der Waals surface area contributed by atoms with E-state index in [2.05, 4.69) is 15.3 Å². The lowest BCUT2D eigenvalue weighted by atomic mass is 10.1. The van der Waals surface area contributed by atoms with Crippen LogP contribution in [0.1, 0.15) is 10.4 Å². The summed E-state index contributed by atoms with van der Waals surface area (Å²) in [5.41, 5.74) is 7.53. The number of methoxy groups -OCH3 is 1. The molecule has 3 N–H and O–H groups in total. The summed E-state index contributed by atoms with van der Waals surface area (Å²) in [6.07, 6.45) is 3.21. The summed E-state index contributed by atoms with van der Waals surface area (Å²) < 4.78 is 4.98. The molecule has 100 valence electrons. The Morgan fingerprint density at radius 3 is 2.79 bits per heavy atom. The number of fused-ring (bicyclic) bond motifs is 1. The van der Waals surface area contributed by atoms with Crippen molar-refractivity contribution in [2.24, 2.45) is 5.73 Å². The van der Waals surface area contributed by atoms with Crippen LogP contribution in [0.2, 0.25) is 0 Å². The van der Waals surface area contributed by atoms with E-state index in [1.165, 1.54) is 0 Å². The number of nitrogens with two attached hydrogens (primary N) is 1. The minimum Gasteiger partial charge on any atom is -0.383 e. The highest BCUT2D eigenvalue weighted by molar-refractivity contribution is 5.97. The molecule has 6 heteroatoms. The van der Waals surface area contributed by atoms with Crippen LogP contribution in [0.4, 0.5) is 0 Å². The fourth-order valence-corrected chi connectivity index (χ4v) is 1.74. The Labute approximate surface area is 111 Å². The molecule has 19 heavy (non-hydrogen) atoms. The smallest absolute Gasteiger partial charge is 0.251 e. The topological polar surface area (TPSA) is 90.1 Å². The van der Waals surface area contributed by atoms with E-state index >= 15 is 0 Å². The lowest BCUT2D eigenvalue weighted by Crippen LogP contribution is -2.43. The molecule has 2 rings (SSSR count). The van der Waals surface area contributed by atoms with Crippen molar-refractivity contribution in [2.45, 2.75) is 6.04 Å². The van der Waals surface area contributed by atoms with Gasteiger partial charge in [-0.25, -0.2) is 0 Å². The number of hydrogen-bond acceptors (Lipinski definition) is 5. The number of amides is 1. The van der Waals surface area contributed by atoms with Crippen molar-refractivity contribution >= 4 is 16.9 Å². The summed E-state index contributed by atoms with van der Waals surface area (Å²) in [5, 5.41) is 2.81. The average Bonchev–Trinajstić information content (AvgIpc) is 2.46. The molecule has 1 aromatic heterocycles. The standard InChI is InChI=1S/C13H16N4O2/c1-19-8-10(7-14)17-13(18)9-2-3-11-12(6-9)16-5-4-15-11/h2-6,10H,7-8,14H2,1H3,(H,17,18). The Balaban J connectivity index is 2.16. The van der Waals surface area contributed by atoms with Crippen LogP contribution >= 0.6 is 0 Å². The second kappa shape index (κ2) is 6.21. The monoisotopic (exact) mass is 260 g/mol. The number of carbonyl (C=O) groups excluding carboxylic acids is 1. The van der Waals surface area contributed by atoms with Gasteiger partial charge in [-0.2, -0.15) is 0 Å². The van der Waals surface area contributed by atoms with Gasteiger partial charge in [-0.15, -0.1) is 0 Å². The second-order valence-electron chi connectivity index (χ2n) is 4.12. The number of benzene rings is 1. The van der Waals surface area contributed by atoms with E-state index in [4.69, 9.17) is 10.5 Å². The van der Waals surface area contributed by atoms with Gasteiger partial charge in [-0.05, 0) is 18.2 Å². The van der Waals surface area contributed by atoms with Gasteiger partial charge in [0.25, 0.3) is 5.91 Å². The zero-order valence-corrected chi connectivity index (χ0v) is 10.7. The van der Waals surface area contributed by atoms with E-state index in [9.17, 15) is 4.79 Å². The Morgan fingerprint density at radius 1 is 1.37 bits per heavy atom. The van der Waals surface area contributed by atoms with Crippen molar-refractivity contribution in [2.75, 3.05) is 20.3 Å². The summed E-state index contributed by atoms with van der Waals surface area (Å²) in [7, 11) is 1.57. The normalized spacial score (nSPS) is 12.3. The summed E-state index contributed by atoms with van der Waals surface area (Å²) in [4.78, 5) is 20.4. The fraction of sp³-hybridized carbons (Fsp3) is 0.308. The van der Waals surface area contributed by atoms with E-state index in [1.807, 2.05) is 0 Å². The number of nitrogens with one attached hydrogen (secondary N) is 1. The first-order chi connectivity index (χ1) is 9.24. The Bertz CT molecular complexity index is 573. The lowest BCUT2D eigenvalue weighted by molar-refractivity contribution is 0.0900. The van der Waals surface area contributed by atoms with Crippen molar-refractivity contribution in [3.63, 3.8) is 0 Å². The molecule has 2 aromatic rings. The Kier molecular flexibility index (Phi) is 4.38.